The summed E-state index contributed by atoms with van der Waals surface area (Å²) in [6.07, 6.45) is 1.56. The molecule has 0 amide bonds. The molecular weight excluding hydrogens is 420 g/mol. The molecule has 0 bridgehead atoms. The zero-order valence-electron chi connectivity index (χ0n) is 15.7. The lowest BCUT2D eigenvalue weighted by Gasteiger charge is -2.22. The van der Waals surface area contributed by atoms with Crippen molar-refractivity contribution < 1.29 is 8.84 Å². The van der Waals surface area contributed by atoms with Crippen LogP contribution in [0.1, 0.15) is 32.1 Å². The number of alkyl halides is 1. The molecule has 0 spiro atoms. The lowest BCUT2D eigenvalue weighted by Crippen LogP contribution is -2.48. The molecule has 0 N–H and O–H groups in total. The molecule has 0 atom stereocenters. The average molecular weight is 443 g/mol. The quantitative estimate of drug-likeness (QED) is 0.446. The van der Waals surface area contributed by atoms with Crippen molar-refractivity contribution in [3.8, 4) is 5.75 Å². The first-order valence-corrected chi connectivity index (χ1v) is 11.6. The molecule has 0 fully saturated rings. The fourth-order valence-corrected chi connectivity index (χ4v) is 5.58. The van der Waals surface area contributed by atoms with Crippen molar-refractivity contribution in [3.05, 3.63) is 88.5 Å². The largest absolute Gasteiger partial charge is 0.533 e. The first-order valence-electron chi connectivity index (χ1n) is 8.89. The van der Waals surface area contributed by atoms with E-state index in [0.29, 0.717) is 22.4 Å². The van der Waals surface area contributed by atoms with Gasteiger partial charge in [-0.15, -0.1) is 0 Å². The summed E-state index contributed by atoms with van der Waals surface area (Å²) in [5, 5.41) is 2.65. The van der Waals surface area contributed by atoms with E-state index in [2.05, 4.69) is 40.2 Å². The van der Waals surface area contributed by atoms with E-state index < -0.39 is 9.04 Å². The maximum Gasteiger partial charge on any atom is 0.299 e. The highest BCUT2D eigenvalue weighted by molar-refractivity contribution is 9.08. The van der Waals surface area contributed by atoms with Crippen LogP contribution >= 0.6 is 15.9 Å². The molecule has 0 aliphatic heterocycles. The van der Waals surface area contributed by atoms with Gasteiger partial charge >= 0.3 is 0 Å². The minimum absolute atomic E-state index is 0.0902. The van der Waals surface area contributed by atoms with Gasteiger partial charge in [-0.05, 0) is 15.8 Å². The fourth-order valence-electron chi connectivity index (χ4n) is 2.92. The van der Waals surface area contributed by atoms with Gasteiger partial charge in [0.05, 0.1) is 11.6 Å². The molecule has 1 aromatic heterocycles. The minimum Gasteiger partial charge on any atom is -0.533 e. The highest BCUT2D eigenvalue weighted by atomic mass is 79.9. The minimum atomic E-state index is -2.10. The molecule has 0 aliphatic rings. The van der Waals surface area contributed by atoms with Crippen LogP contribution in [0.2, 0.25) is 0 Å². The second-order valence-electron chi connectivity index (χ2n) is 7.43. The zero-order chi connectivity index (χ0) is 19.4. The summed E-state index contributed by atoms with van der Waals surface area (Å²) in [5.74, 6) is 0.848. The van der Waals surface area contributed by atoms with Crippen molar-refractivity contribution in [2.24, 2.45) is 0 Å². The lowest BCUT2D eigenvalue weighted by atomic mass is 9.88. The Hall–Kier alpha value is -2.11. The standard InChI is InChI=1S/C22H23BrO3Si/c1-22(2,3)18-15-25-19(14-23)21(20(18)24)26-27(16-10-6-4-7-11-16)17-12-8-5-9-13-17/h4-13,15,27H,14H2,1-3H3. The fraction of sp³-hybridized carbons (Fsp3) is 0.227. The molecule has 5 heteroatoms. The molecule has 0 saturated heterocycles. The monoisotopic (exact) mass is 442 g/mol. The maximum atomic E-state index is 13.2. The van der Waals surface area contributed by atoms with E-state index >= 15 is 0 Å². The maximum absolute atomic E-state index is 13.2. The van der Waals surface area contributed by atoms with Crippen molar-refractivity contribution in [1.29, 1.82) is 0 Å². The van der Waals surface area contributed by atoms with Crippen LogP contribution in [0.15, 0.2) is 76.1 Å². The van der Waals surface area contributed by atoms with Crippen LogP contribution in [0.4, 0.5) is 0 Å². The molecule has 3 rings (SSSR count). The summed E-state index contributed by atoms with van der Waals surface area (Å²) in [6.45, 7) is 6.00. The molecule has 0 saturated carbocycles. The van der Waals surface area contributed by atoms with Gasteiger partial charge in [0, 0.05) is 5.56 Å². The lowest BCUT2D eigenvalue weighted by molar-refractivity contribution is 0.438. The van der Waals surface area contributed by atoms with Gasteiger partial charge in [0.25, 0.3) is 9.04 Å². The van der Waals surface area contributed by atoms with Gasteiger partial charge in [0.15, 0.2) is 11.5 Å². The molecule has 140 valence electrons. The van der Waals surface area contributed by atoms with Crippen LogP contribution in [0.25, 0.3) is 0 Å². The van der Waals surface area contributed by atoms with Crippen LogP contribution in [0.5, 0.6) is 5.75 Å². The number of hydrogen-bond donors (Lipinski definition) is 0. The van der Waals surface area contributed by atoms with E-state index in [1.165, 1.54) is 0 Å². The summed E-state index contributed by atoms with van der Waals surface area (Å²) in [6, 6.07) is 20.2. The van der Waals surface area contributed by atoms with E-state index in [4.69, 9.17) is 8.84 Å². The molecule has 1 heterocycles. The first kappa shape index (κ1) is 19.6. The highest BCUT2D eigenvalue weighted by Crippen LogP contribution is 2.25. The van der Waals surface area contributed by atoms with Gasteiger partial charge in [-0.2, -0.15) is 0 Å². The Bertz CT molecular complexity index is 907. The predicted molar refractivity (Wildman–Crippen MR) is 116 cm³/mol. The van der Waals surface area contributed by atoms with E-state index in [1.54, 1.807) is 6.26 Å². The smallest absolute Gasteiger partial charge is 0.299 e. The molecule has 2 aromatic carbocycles. The van der Waals surface area contributed by atoms with Crippen LogP contribution in [-0.4, -0.2) is 9.04 Å². The molecule has 0 aliphatic carbocycles. The van der Waals surface area contributed by atoms with Crippen molar-refractivity contribution in [3.63, 3.8) is 0 Å². The Morgan fingerprint density at radius 2 is 1.48 bits per heavy atom. The molecule has 27 heavy (non-hydrogen) atoms. The summed E-state index contributed by atoms with van der Waals surface area (Å²) in [7, 11) is -2.10. The summed E-state index contributed by atoms with van der Waals surface area (Å²) < 4.78 is 12.2. The van der Waals surface area contributed by atoms with Crippen molar-refractivity contribution in [1.82, 2.24) is 0 Å². The van der Waals surface area contributed by atoms with Crippen LogP contribution in [0.3, 0.4) is 0 Å². The van der Waals surface area contributed by atoms with Gasteiger partial charge in [0.1, 0.15) is 0 Å². The Morgan fingerprint density at radius 3 is 1.93 bits per heavy atom. The third-order valence-corrected chi connectivity index (χ3v) is 7.35. The molecular formula is C22H23BrO3Si. The van der Waals surface area contributed by atoms with Crippen molar-refractivity contribution >= 4 is 35.3 Å². The van der Waals surface area contributed by atoms with E-state index in [9.17, 15) is 4.79 Å². The first-order chi connectivity index (χ1) is 12.9. The Morgan fingerprint density at radius 1 is 0.963 bits per heavy atom. The number of hydrogen-bond acceptors (Lipinski definition) is 3. The predicted octanol–water partition coefficient (Wildman–Crippen LogP) is 3.75. The number of rotatable bonds is 5. The second-order valence-corrected chi connectivity index (χ2v) is 10.3. The van der Waals surface area contributed by atoms with Gasteiger partial charge < -0.3 is 8.84 Å². The Labute approximate surface area is 169 Å². The van der Waals surface area contributed by atoms with Crippen molar-refractivity contribution in [2.75, 3.05) is 0 Å². The number of benzene rings is 2. The van der Waals surface area contributed by atoms with Gasteiger partial charge in [-0.1, -0.05) is 97.4 Å². The molecule has 0 radical (unpaired) electrons. The molecule has 3 nitrogen and oxygen atoms in total. The summed E-state index contributed by atoms with van der Waals surface area (Å²) >= 11 is 3.42. The van der Waals surface area contributed by atoms with Gasteiger partial charge in [0.2, 0.25) is 5.43 Å². The third kappa shape index (κ3) is 4.42. The van der Waals surface area contributed by atoms with E-state index in [1.807, 2.05) is 57.2 Å². The highest BCUT2D eigenvalue weighted by Gasteiger charge is 2.27. The Kier molecular flexibility index (Phi) is 6.02. The third-order valence-electron chi connectivity index (χ3n) is 4.39. The number of halogens is 1. The van der Waals surface area contributed by atoms with E-state index in [0.717, 1.165) is 10.4 Å². The van der Waals surface area contributed by atoms with E-state index in [-0.39, 0.29) is 10.8 Å². The summed E-state index contributed by atoms with van der Waals surface area (Å²) in [4.78, 5) is 13.2. The van der Waals surface area contributed by atoms with Crippen LogP contribution in [0, 0.1) is 0 Å². The topological polar surface area (TPSA) is 39.4 Å². The summed E-state index contributed by atoms with van der Waals surface area (Å²) in [5.41, 5.74) is 0.212. The van der Waals surface area contributed by atoms with Gasteiger partial charge in [-0.3, -0.25) is 4.79 Å². The molecule has 0 unspecified atom stereocenters. The zero-order valence-corrected chi connectivity index (χ0v) is 18.5. The van der Waals surface area contributed by atoms with Crippen LogP contribution < -0.4 is 20.2 Å². The Balaban J connectivity index is 2.13. The van der Waals surface area contributed by atoms with Crippen LogP contribution in [-0.2, 0) is 10.7 Å². The van der Waals surface area contributed by atoms with Crippen molar-refractivity contribution in [2.45, 2.75) is 31.5 Å². The molecule has 3 aromatic rings. The normalized spacial score (nSPS) is 11.6. The van der Waals surface area contributed by atoms with Gasteiger partial charge in [-0.25, -0.2) is 0 Å². The SMILES string of the molecule is CC(C)(C)c1coc(CBr)c(O[SiH](c2ccccc2)c2ccccc2)c1=O. The second kappa shape index (κ2) is 8.27. The average Bonchev–Trinajstić information content (AvgIpc) is 2.67.